The van der Waals surface area contributed by atoms with E-state index in [0.717, 1.165) is 11.3 Å². The lowest BCUT2D eigenvalue weighted by atomic mass is 9.90. The number of nitrogens with one attached hydrogen (secondary N) is 1. The first-order valence-electron chi connectivity index (χ1n) is 5.37. The molecule has 0 aliphatic rings. The fraction of sp³-hybridized carbons (Fsp3) is 0.286. The maximum Gasteiger partial charge on any atom is 0.120 e. The van der Waals surface area contributed by atoms with Gasteiger partial charge in [-0.25, -0.2) is 0 Å². The highest BCUT2D eigenvalue weighted by molar-refractivity contribution is 5.82. The van der Waals surface area contributed by atoms with Gasteiger partial charge in [0, 0.05) is 22.7 Å². The number of aromatic amines is 1. The van der Waals surface area contributed by atoms with Crippen LogP contribution in [0, 0.1) is 0 Å². The number of aromatic nitrogens is 1. The Kier molecular flexibility index (Phi) is 2.50. The summed E-state index contributed by atoms with van der Waals surface area (Å²) >= 11 is 0. The monoisotopic (exact) mass is 215 g/mol. The number of H-pyrrole nitrogens is 1. The van der Waals surface area contributed by atoms with E-state index in [4.69, 9.17) is 4.74 Å². The largest absolute Gasteiger partial charge is 0.497 e. The molecule has 0 atom stereocenters. The van der Waals surface area contributed by atoms with Gasteiger partial charge in [0.25, 0.3) is 0 Å². The fourth-order valence-corrected chi connectivity index (χ4v) is 1.69. The summed E-state index contributed by atoms with van der Waals surface area (Å²) < 4.78 is 5.20. The van der Waals surface area contributed by atoms with Crippen LogP contribution in [-0.2, 0) is 5.41 Å². The van der Waals surface area contributed by atoms with Crippen molar-refractivity contribution in [3.05, 3.63) is 42.6 Å². The van der Waals surface area contributed by atoms with Gasteiger partial charge in [0.15, 0.2) is 0 Å². The number of fused-ring (bicyclic) bond motifs is 1. The number of ether oxygens (including phenoxy) is 1. The van der Waals surface area contributed by atoms with Crippen molar-refractivity contribution in [2.24, 2.45) is 0 Å². The Hall–Kier alpha value is -1.70. The summed E-state index contributed by atoms with van der Waals surface area (Å²) in [5.74, 6) is 0.873. The van der Waals surface area contributed by atoms with Crippen LogP contribution in [0.25, 0.3) is 10.9 Å². The van der Waals surface area contributed by atoms with Crippen molar-refractivity contribution in [1.29, 1.82) is 0 Å². The lowest BCUT2D eigenvalue weighted by Crippen LogP contribution is -2.12. The van der Waals surface area contributed by atoms with E-state index >= 15 is 0 Å². The minimum absolute atomic E-state index is 0.0355. The van der Waals surface area contributed by atoms with Crippen molar-refractivity contribution in [3.8, 4) is 5.75 Å². The normalized spacial score (nSPS) is 11.7. The van der Waals surface area contributed by atoms with Crippen LogP contribution >= 0.6 is 0 Å². The molecule has 0 spiro atoms. The quantitative estimate of drug-likeness (QED) is 0.777. The zero-order valence-corrected chi connectivity index (χ0v) is 10.0. The summed E-state index contributed by atoms with van der Waals surface area (Å²) in [4.78, 5) is 3.41. The van der Waals surface area contributed by atoms with Crippen LogP contribution < -0.4 is 4.74 Å². The highest BCUT2D eigenvalue weighted by atomic mass is 16.5. The van der Waals surface area contributed by atoms with Gasteiger partial charge in [-0.2, -0.15) is 0 Å². The third-order valence-corrected chi connectivity index (χ3v) is 3.03. The summed E-state index contributed by atoms with van der Waals surface area (Å²) in [5.41, 5.74) is 2.24. The number of methoxy groups -OCH3 is 1. The van der Waals surface area contributed by atoms with Crippen molar-refractivity contribution in [1.82, 2.24) is 4.98 Å². The summed E-state index contributed by atoms with van der Waals surface area (Å²) in [7, 11) is 1.68. The second kappa shape index (κ2) is 3.71. The molecule has 1 aromatic carbocycles. The van der Waals surface area contributed by atoms with Gasteiger partial charge in [0.05, 0.1) is 7.11 Å². The van der Waals surface area contributed by atoms with E-state index < -0.39 is 0 Å². The topological polar surface area (TPSA) is 25.0 Å². The van der Waals surface area contributed by atoms with Crippen molar-refractivity contribution in [2.45, 2.75) is 19.3 Å². The zero-order chi connectivity index (χ0) is 11.8. The molecule has 16 heavy (non-hydrogen) atoms. The first-order chi connectivity index (χ1) is 7.56. The van der Waals surface area contributed by atoms with Crippen molar-refractivity contribution >= 4 is 10.9 Å². The molecular formula is C14H17NO. The van der Waals surface area contributed by atoms with E-state index in [0.29, 0.717) is 0 Å². The molecule has 1 heterocycles. The van der Waals surface area contributed by atoms with Crippen molar-refractivity contribution < 1.29 is 4.74 Å². The molecule has 0 aliphatic heterocycles. The second-order valence-electron chi connectivity index (χ2n) is 4.56. The molecule has 0 aliphatic carbocycles. The van der Waals surface area contributed by atoms with E-state index in [1.54, 1.807) is 7.11 Å². The number of hydrogen-bond acceptors (Lipinski definition) is 1. The molecule has 0 saturated heterocycles. The van der Waals surface area contributed by atoms with Gasteiger partial charge in [-0.05, 0) is 23.6 Å². The molecular weight excluding hydrogens is 198 g/mol. The first kappa shape index (κ1) is 10.8. The average molecular weight is 215 g/mol. The number of hydrogen-bond donors (Lipinski definition) is 1. The predicted octanol–water partition coefficient (Wildman–Crippen LogP) is 3.64. The molecule has 84 valence electrons. The molecule has 0 bridgehead atoms. The molecule has 1 aromatic heterocycles. The summed E-state index contributed by atoms with van der Waals surface area (Å²) in [6, 6.07) is 8.21. The van der Waals surface area contributed by atoms with E-state index in [1.807, 2.05) is 18.2 Å². The minimum Gasteiger partial charge on any atom is -0.497 e. The van der Waals surface area contributed by atoms with Gasteiger partial charge in [-0.15, -0.1) is 6.58 Å². The Balaban J connectivity index is 2.56. The number of rotatable bonds is 3. The Labute approximate surface area is 95.9 Å². The van der Waals surface area contributed by atoms with Gasteiger partial charge in [0.1, 0.15) is 5.75 Å². The van der Waals surface area contributed by atoms with Crippen LogP contribution in [0.3, 0.4) is 0 Å². The second-order valence-corrected chi connectivity index (χ2v) is 4.56. The van der Waals surface area contributed by atoms with Gasteiger partial charge < -0.3 is 9.72 Å². The Morgan fingerprint density at radius 2 is 2.06 bits per heavy atom. The SMILES string of the molecule is C=CC(C)(C)c1cc2ccc(OC)cc2[nH]1. The maximum absolute atomic E-state index is 5.20. The Morgan fingerprint density at radius 3 is 2.69 bits per heavy atom. The van der Waals surface area contributed by atoms with Gasteiger partial charge >= 0.3 is 0 Å². The van der Waals surface area contributed by atoms with Crippen molar-refractivity contribution in [3.63, 3.8) is 0 Å². The smallest absolute Gasteiger partial charge is 0.120 e. The Bertz CT molecular complexity index is 523. The van der Waals surface area contributed by atoms with E-state index in [9.17, 15) is 0 Å². The lowest BCUT2D eigenvalue weighted by Gasteiger charge is -2.17. The molecule has 0 unspecified atom stereocenters. The van der Waals surface area contributed by atoms with Crippen LogP contribution in [0.15, 0.2) is 36.9 Å². The highest BCUT2D eigenvalue weighted by Gasteiger charge is 2.18. The van der Waals surface area contributed by atoms with Gasteiger partial charge in [0.2, 0.25) is 0 Å². The first-order valence-corrected chi connectivity index (χ1v) is 5.37. The highest BCUT2D eigenvalue weighted by Crippen LogP contribution is 2.28. The molecule has 0 fully saturated rings. The van der Waals surface area contributed by atoms with Gasteiger partial charge in [-0.3, -0.25) is 0 Å². The molecule has 0 radical (unpaired) electrons. The molecule has 0 saturated carbocycles. The molecule has 1 N–H and O–H groups in total. The van der Waals surface area contributed by atoms with Crippen LogP contribution in [-0.4, -0.2) is 12.1 Å². The molecule has 2 aromatic rings. The number of benzene rings is 1. The summed E-state index contributed by atoms with van der Waals surface area (Å²) in [6.45, 7) is 8.15. The molecule has 0 amide bonds. The minimum atomic E-state index is -0.0355. The third kappa shape index (κ3) is 1.71. The average Bonchev–Trinajstić information content (AvgIpc) is 2.72. The van der Waals surface area contributed by atoms with Crippen molar-refractivity contribution in [2.75, 3.05) is 7.11 Å². The standard InChI is InChI=1S/C14H17NO/c1-5-14(2,3)13-8-10-6-7-11(16-4)9-12(10)15-13/h5-9,15H,1H2,2-4H3. The Morgan fingerprint density at radius 1 is 1.31 bits per heavy atom. The van der Waals surface area contributed by atoms with Gasteiger partial charge in [-0.1, -0.05) is 19.9 Å². The summed E-state index contributed by atoms with van der Waals surface area (Å²) in [5, 5.41) is 1.20. The van der Waals surface area contributed by atoms with Crippen LogP contribution in [0.1, 0.15) is 19.5 Å². The molecule has 2 nitrogen and oxygen atoms in total. The fourth-order valence-electron chi connectivity index (χ4n) is 1.69. The van der Waals surface area contributed by atoms with Crippen LogP contribution in [0.2, 0.25) is 0 Å². The predicted molar refractivity (Wildman–Crippen MR) is 68.1 cm³/mol. The lowest BCUT2D eigenvalue weighted by molar-refractivity contribution is 0.415. The van der Waals surface area contributed by atoms with E-state index in [-0.39, 0.29) is 5.41 Å². The third-order valence-electron chi connectivity index (χ3n) is 3.03. The van der Waals surface area contributed by atoms with Crippen LogP contribution in [0.5, 0.6) is 5.75 Å². The maximum atomic E-state index is 5.20. The zero-order valence-electron chi connectivity index (χ0n) is 10.0. The van der Waals surface area contributed by atoms with E-state index in [1.165, 1.54) is 11.1 Å². The van der Waals surface area contributed by atoms with Crippen LogP contribution in [0.4, 0.5) is 0 Å². The number of allylic oxidation sites excluding steroid dienone is 1. The van der Waals surface area contributed by atoms with E-state index in [2.05, 4.69) is 37.5 Å². The summed E-state index contributed by atoms with van der Waals surface area (Å²) in [6.07, 6.45) is 1.95. The molecule has 2 heteroatoms. The molecule has 2 rings (SSSR count).